The molecule has 23 heavy (non-hydrogen) atoms. The van der Waals surface area contributed by atoms with E-state index in [0.717, 1.165) is 55.7 Å². The second kappa shape index (κ2) is 5.81. The van der Waals surface area contributed by atoms with Gasteiger partial charge < -0.3 is 9.64 Å². The number of carbonyl (C=O) groups is 1. The molecule has 3 fully saturated rings. The van der Waals surface area contributed by atoms with Crippen molar-refractivity contribution >= 4 is 17.7 Å². The fourth-order valence-corrected chi connectivity index (χ4v) is 5.15. The minimum Gasteiger partial charge on any atom is -0.377 e. The topological polar surface area (TPSA) is 47.4 Å². The molecule has 6 heteroatoms. The summed E-state index contributed by atoms with van der Waals surface area (Å²) in [6.45, 7) is 7.35. The summed E-state index contributed by atoms with van der Waals surface area (Å²) < 4.78 is 8.10. The molecule has 2 aliphatic heterocycles. The molecule has 1 aromatic heterocycles. The van der Waals surface area contributed by atoms with Crippen molar-refractivity contribution in [2.45, 2.75) is 50.5 Å². The smallest absolute Gasteiger partial charge is 0.272 e. The molecule has 1 atom stereocenters. The number of ether oxygens (including phenoxy) is 1. The first-order chi connectivity index (χ1) is 11.1. The third kappa shape index (κ3) is 3.03. The standard InChI is InChI=1S/C17H25N3O2S/c1-3-20-15(6-12(2)18-20)16(21)19-10-17(11-19)7-14(9-23-17)22-8-13-4-5-13/h6,13-14H,3-5,7-11H2,1-2H3/t14-/m1/s1. The van der Waals surface area contributed by atoms with Crippen LogP contribution in [-0.2, 0) is 11.3 Å². The van der Waals surface area contributed by atoms with Gasteiger partial charge in [0.15, 0.2) is 0 Å². The Balaban J connectivity index is 1.32. The van der Waals surface area contributed by atoms with Gasteiger partial charge in [-0.3, -0.25) is 9.48 Å². The molecule has 3 aliphatic rings. The zero-order chi connectivity index (χ0) is 16.0. The van der Waals surface area contributed by atoms with Gasteiger partial charge in [-0.1, -0.05) is 0 Å². The number of nitrogens with zero attached hydrogens (tertiary/aromatic N) is 3. The molecule has 126 valence electrons. The van der Waals surface area contributed by atoms with Crippen LogP contribution >= 0.6 is 11.8 Å². The van der Waals surface area contributed by atoms with Crippen molar-refractivity contribution in [2.75, 3.05) is 25.4 Å². The zero-order valence-corrected chi connectivity index (χ0v) is 14.8. The van der Waals surface area contributed by atoms with E-state index in [-0.39, 0.29) is 10.7 Å². The molecule has 3 heterocycles. The monoisotopic (exact) mass is 335 g/mol. The van der Waals surface area contributed by atoms with E-state index in [1.54, 1.807) is 0 Å². The maximum Gasteiger partial charge on any atom is 0.272 e. The number of thioether (sulfide) groups is 1. The summed E-state index contributed by atoms with van der Waals surface area (Å²) in [6, 6.07) is 1.90. The Bertz CT molecular complexity index is 605. The van der Waals surface area contributed by atoms with Crippen molar-refractivity contribution in [3.8, 4) is 0 Å². The highest BCUT2D eigenvalue weighted by Crippen LogP contribution is 2.46. The average Bonchev–Trinajstić information content (AvgIpc) is 3.11. The molecule has 4 rings (SSSR count). The second-order valence-electron chi connectivity index (χ2n) is 7.24. The van der Waals surface area contributed by atoms with E-state index in [1.165, 1.54) is 12.8 Å². The molecule has 1 amide bonds. The van der Waals surface area contributed by atoms with E-state index >= 15 is 0 Å². The highest BCUT2D eigenvalue weighted by molar-refractivity contribution is 8.01. The van der Waals surface area contributed by atoms with Gasteiger partial charge in [-0.05, 0) is 45.1 Å². The van der Waals surface area contributed by atoms with Crippen LogP contribution in [0.1, 0.15) is 42.4 Å². The number of rotatable bonds is 5. The van der Waals surface area contributed by atoms with Gasteiger partial charge in [-0.2, -0.15) is 5.10 Å². The van der Waals surface area contributed by atoms with E-state index in [9.17, 15) is 4.79 Å². The lowest BCUT2D eigenvalue weighted by atomic mass is 9.92. The molecule has 1 saturated carbocycles. The van der Waals surface area contributed by atoms with Gasteiger partial charge in [0.05, 0.1) is 16.5 Å². The van der Waals surface area contributed by atoms with Gasteiger partial charge in [0.25, 0.3) is 5.91 Å². The maximum absolute atomic E-state index is 12.7. The molecule has 0 N–H and O–H groups in total. The van der Waals surface area contributed by atoms with Gasteiger partial charge in [-0.25, -0.2) is 0 Å². The van der Waals surface area contributed by atoms with Crippen molar-refractivity contribution in [3.63, 3.8) is 0 Å². The third-order valence-electron chi connectivity index (χ3n) is 5.11. The van der Waals surface area contributed by atoms with Crippen LogP contribution in [0.5, 0.6) is 0 Å². The second-order valence-corrected chi connectivity index (χ2v) is 8.73. The first kappa shape index (κ1) is 15.5. The minimum absolute atomic E-state index is 0.126. The summed E-state index contributed by atoms with van der Waals surface area (Å²) in [6.07, 6.45) is 4.18. The number of aromatic nitrogens is 2. The van der Waals surface area contributed by atoms with E-state index in [2.05, 4.69) is 5.10 Å². The molecule has 1 spiro atoms. The van der Waals surface area contributed by atoms with Crippen LogP contribution in [0.4, 0.5) is 0 Å². The molecule has 1 aromatic rings. The Hall–Kier alpha value is -1.01. The molecule has 2 saturated heterocycles. The van der Waals surface area contributed by atoms with Crippen LogP contribution < -0.4 is 0 Å². The van der Waals surface area contributed by atoms with Gasteiger partial charge in [0.1, 0.15) is 5.69 Å². The van der Waals surface area contributed by atoms with Crippen molar-refractivity contribution in [1.29, 1.82) is 0 Å². The van der Waals surface area contributed by atoms with Crippen LogP contribution in [0, 0.1) is 12.8 Å². The summed E-state index contributed by atoms with van der Waals surface area (Å²) in [4.78, 5) is 14.7. The lowest BCUT2D eigenvalue weighted by Gasteiger charge is -2.47. The van der Waals surface area contributed by atoms with Crippen molar-refractivity contribution in [2.24, 2.45) is 5.92 Å². The Kier molecular flexibility index (Phi) is 3.92. The Morgan fingerprint density at radius 3 is 2.96 bits per heavy atom. The van der Waals surface area contributed by atoms with Crippen LogP contribution in [0.15, 0.2) is 6.07 Å². The number of hydrogen-bond acceptors (Lipinski definition) is 4. The number of amides is 1. The van der Waals surface area contributed by atoms with Crippen molar-refractivity contribution in [1.82, 2.24) is 14.7 Å². The van der Waals surface area contributed by atoms with Crippen LogP contribution in [0.2, 0.25) is 0 Å². The summed E-state index contributed by atoms with van der Waals surface area (Å²) in [5.41, 5.74) is 1.64. The van der Waals surface area contributed by atoms with E-state index < -0.39 is 0 Å². The molecule has 0 bridgehead atoms. The average molecular weight is 335 g/mol. The predicted octanol–water partition coefficient (Wildman–Crippen LogP) is 2.34. The van der Waals surface area contributed by atoms with Gasteiger partial charge in [0, 0.05) is 32.0 Å². The minimum atomic E-state index is 0.126. The number of aryl methyl sites for hydroxylation is 2. The van der Waals surface area contributed by atoms with Crippen molar-refractivity contribution < 1.29 is 9.53 Å². The summed E-state index contributed by atoms with van der Waals surface area (Å²) >= 11 is 2.00. The summed E-state index contributed by atoms with van der Waals surface area (Å²) in [5.74, 6) is 2.04. The lowest BCUT2D eigenvalue weighted by Crippen LogP contribution is -2.61. The first-order valence-corrected chi connectivity index (χ1v) is 9.66. The van der Waals surface area contributed by atoms with E-state index in [1.807, 2.05) is 41.3 Å². The van der Waals surface area contributed by atoms with Crippen LogP contribution in [0.25, 0.3) is 0 Å². The normalized spacial score (nSPS) is 25.8. The van der Waals surface area contributed by atoms with Crippen LogP contribution in [0.3, 0.4) is 0 Å². The molecular weight excluding hydrogens is 310 g/mol. The van der Waals surface area contributed by atoms with Gasteiger partial charge in [0.2, 0.25) is 0 Å². The molecule has 0 unspecified atom stereocenters. The Labute approximate surface area is 141 Å². The fourth-order valence-electron chi connectivity index (χ4n) is 3.60. The van der Waals surface area contributed by atoms with Gasteiger partial charge >= 0.3 is 0 Å². The summed E-state index contributed by atoms with van der Waals surface area (Å²) in [5, 5.41) is 4.38. The number of hydrogen-bond donors (Lipinski definition) is 0. The Morgan fingerprint density at radius 2 is 2.26 bits per heavy atom. The predicted molar refractivity (Wildman–Crippen MR) is 90.8 cm³/mol. The molecule has 5 nitrogen and oxygen atoms in total. The maximum atomic E-state index is 12.7. The molecular formula is C17H25N3O2S. The van der Waals surface area contributed by atoms with Gasteiger partial charge in [-0.15, -0.1) is 11.8 Å². The number of likely N-dealkylation sites (tertiary alicyclic amines) is 1. The molecule has 0 radical (unpaired) electrons. The largest absolute Gasteiger partial charge is 0.377 e. The highest BCUT2D eigenvalue weighted by atomic mass is 32.2. The summed E-state index contributed by atoms with van der Waals surface area (Å²) in [7, 11) is 0. The first-order valence-electron chi connectivity index (χ1n) is 8.68. The highest BCUT2D eigenvalue weighted by Gasteiger charge is 2.51. The third-order valence-corrected chi connectivity index (χ3v) is 6.68. The quantitative estimate of drug-likeness (QED) is 0.829. The van der Waals surface area contributed by atoms with Crippen molar-refractivity contribution in [3.05, 3.63) is 17.5 Å². The molecule has 0 aromatic carbocycles. The van der Waals surface area contributed by atoms with E-state index in [4.69, 9.17) is 4.74 Å². The SMILES string of the molecule is CCn1nc(C)cc1C(=O)N1CC2(C[C@@H](OCC3CC3)CS2)C1. The number of carbonyl (C=O) groups excluding carboxylic acids is 1. The zero-order valence-electron chi connectivity index (χ0n) is 14.0. The van der Waals surface area contributed by atoms with E-state index in [0.29, 0.717) is 6.10 Å². The Morgan fingerprint density at radius 1 is 1.48 bits per heavy atom. The fraction of sp³-hybridized carbons (Fsp3) is 0.765. The lowest BCUT2D eigenvalue weighted by molar-refractivity contribution is 0.0281. The van der Waals surface area contributed by atoms with Crippen LogP contribution in [-0.4, -0.2) is 56.9 Å². The molecule has 1 aliphatic carbocycles.